The van der Waals surface area contributed by atoms with E-state index in [4.69, 9.17) is 5.11 Å². The van der Waals surface area contributed by atoms with Gasteiger partial charge in [-0.25, -0.2) is 4.79 Å². The quantitative estimate of drug-likeness (QED) is 0.592. The molecule has 0 aliphatic carbocycles. The Morgan fingerprint density at radius 1 is 1.14 bits per heavy atom. The highest BCUT2D eigenvalue weighted by atomic mass is 16.4. The third kappa shape index (κ3) is 9.70. The maximum Gasteiger partial charge on any atom is 0.315 e. The Labute approximate surface area is 126 Å². The van der Waals surface area contributed by atoms with Gasteiger partial charge in [0.15, 0.2) is 0 Å². The van der Waals surface area contributed by atoms with Crippen molar-refractivity contribution >= 4 is 17.9 Å². The summed E-state index contributed by atoms with van der Waals surface area (Å²) in [6.07, 6.45) is 1.36. The van der Waals surface area contributed by atoms with Crippen LogP contribution in [0.1, 0.15) is 40.0 Å². The molecule has 0 saturated carbocycles. The van der Waals surface area contributed by atoms with Gasteiger partial charge in [0, 0.05) is 26.6 Å². The largest absolute Gasteiger partial charge is 0.481 e. The average Bonchev–Trinajstić information content (AvgIpc) is 2.41. The predicted molar refractivity (Wildman–Crippen MR) is 80.0 cm³/mol. The summed E-state index contributed by atoms with van der Waals surface area (Å²) in [7, 11) is 1.67. The third-order valence-corrected chi connectivity index (χ3v) is 3.40. The summed E-state index contributed by atoms with van der Waals surface area (Å²) in [4.78, 5) is 35.1. The Balaban J connectivity index is 3.88. The van der Waals surface area contributed by atoms with Crippen LogP contribution in [-0.2, 0) is 9.59 Å². The first-order chi connectivity index (χ1) is 9.68. The number of hydrogen-bond acceptors (Lipinski definition) is 3. The number of urea groups is 1. The molecule has 0 aromatic heterocycles. The molecule has 0 aliphatic rings. The zero-order chi connectivity index (χ0) is 16.5. The van der Waals surface area contributed by atoms with Gasteiger partial charge in [0.05, 0.1) is 6.54 Å². The second-order valence-electron chi connectivity index (χ2n) is 5.83. The van der Waals surface area contributed by atoms with E-state index in [1.807, 2.05) is 20.8 Å². The molecule has 0 bridgehead atoms. The van der Waals surface area contributed by atoms with E-state index in [0.717, 1.165) is 0 Å². The van der Waals surface area contributed by atoms with E-state index in [0.29, 0.717) is 25.9 Å². The monoisotopic (exact) mass is 301 g/mol. The summed E-state index contributed by atoms with van der Waals surface area (Å²) >= 11 is 0. The SMILES string of the molecule is CCN(C)C(=O)CNC(=O)NCCC(C)(C)CCC(=O)O. The van der Waals surface area contributed by atoms with Crippen molar-refractivity contribution in [3.8, 4) is 0 Å². The molecule has 3 N–H and O–H groups in total. The molecule has 7 nitrogen and oxygen atoms in total. The molecule has 0 spiro atoms. The van der Waals surface area contributed by atoms with Gasteiger partial charge in [-0.15, -0.1) is 0 Å². The maximum atomic E-state index is 11.5. The Bertz CT molecular complexity index is 369. The zero-order valence-corrected chi connectivity index (χ0v) is 13.4. The molecule has 7 heteroatoms. The van der Waals surface area contributed by atoms with Crippen LogP contribution in [0.3, 0.4) is 0 Å². The van der Waals surface area contributed by atoms with Crippen molar-refractivity contribution in [2.75, 3.05) is 26.7 Å². The first-order valence-corrected chi connectivity index (χ1v) is 7.15. The molecular formula is C14H27N3O4. The number of nitrogens with zero attached hydrogens (tertiary/aromatic N) is 1. The number of carbonyl (C=O) groups excluding carboxylic acids is 2. The molecule has 0 unspecified atom stereocenters. The van der Waals surface area contributed by atoms with Gasteiger partial charge in [-0.05, 0) is 25.2 Å². The number of carboxylic acids is 1. The summed E-state index contributed by atoms with van der Waals surface area (Å²) in [6.45, 7) is 6.80. The normalized spacial score (nSPS) is 10.9. The van der Waals surface area contributed by atoms with E-state index in [2.05, 4.69) is 10.6 Å². The van der Waals surface area contributed by atoms with Gasteiger partial charge in [-0.1, -0.05) is 13.8 Å². The van der Waals surface area contributed by atoms with Gasteiger partial charge < -0.3 is 20.6 Å². The summed E-state index contributed by atoms with van der Waals surface area (Å²) in [6, 6.07) is -0.387. The van der Waals surface area contributed by atoms with Gasteiger partial charge in [-0.3, -0.25) is 9.59 Å². The van der Waals surface area contributed by atoms with Crippen LogP contribution in [-0.4, -0.2) is 54.6 Å². The molecule has 0 saturated heterocycles. The fourth-order valence-electron chi connectivity index (χ4n) is 1.61. The molecule has 122 valence electrons. The second-order valence-corrected chi connectivity index (χ2v) is 5.83. The van der Waals surface area contributed by atoms with Crippen LogP contribution in [0.5, 0.6) is 0 Å². The summed E-state index contributed by atoms with van der Waals surface area (Å²) in [5.41, 5.74) is -0.149. The fraction of sp³-hybridized carbons (Fsp3) is 0.786. The van der Waals surface area contributed by atoms with Gasteiger partial charge in [0.2, 0.25) is 5.91 Å². The van der Waals surface area contributed by atoms with Crippen molar-refractivity contribution in [3.05, 3.63) is 0 Å². The van der Waals surface area contributed by atoms with E-state index in [1.165, 1.54) is 4.90 Å². The number of carbonyl (C=O) groups is 3. The van der Waals surface area contributed by atoms with E-state index in [1.54, 1.807) is 7.05 Å². The Morgan fingerprint density at radius 3 is 2.29 bits per heavy atom. The third-order valence-electron chi connectivity index (χ3n) is 3.40. The number of nitrogens with one attached hydrogen (secondary N) is 2. The molecule has 0 aromatic rings. The van der Waals surface area contributed by atoms with Gasteiger partial charge in [0.1, 0.15) is 0 Å². The topological polar surface area (TPSA) is 98.7 Å². The van der Waals surface area contributed by atoms with Crippen molar-refractivity contribution in [2.45, 2.75) is 40.0 Å². The second kappa shape index (κ2) is 9.20. The lowest BCUT2D eigenvalue weighted by Gasteiger charge is -2.23. The molecule has 0 heterocycles. The summed E-state index contributed by atoms with van der Waals surface area (Å²) in [5, 5.41) is 13.8. The van der Waals surface area contributed by atoms with Crippen LogP contribution in [0.25, 0.3) is 0 Å². The van der Waals surface area contributed by atoms with E-state index in [9.17, 15) is 14.4 Å². The van der Waals surface area contributed by atoms with Gasteiger partial charge in [-0.2, -0.15) is 0 Å². The van der Waals surface area contributed by atoms with Crippen LogP contribution in [0.2, 0.25) is 0 Å². The Kier molecular flexibility index (Phi) is 8.42. The highest BCUT2D eigenvalue weighted by Crippen LogP contribution is 2.25. The molecule has 21 heavy (non-hydrogen) atoms. The van der Waals surface area contributed by atoms with Crippen LogP contribution in [0, 0.1) is 5.41 Å². The molecule has 0 atom stereocenters. The highest BCUT2D eigenvalue weighted by Gasteiger charge is 2.19. The standard InChI is InChI=1S/C14H27N3O4/c1-5-17(4)11(18)10-16-13(21)15-9-8-14(2,3)7-6-12(19)20/h5-10H2,1-4H3,(H,19,20)(H2,15,16,21). The van der Waals surface area contributed by atoms with E-state index in [-0.39, 0.29) is 30.3 Å². The average molecular weight is 301 g/mol. The smallest absolute Gasteiger partial charge is 0.315 e. The van der Waals surface area contributed by atoms with Crippen LogP contribution >= 0.6 is 0 Å². The minimum Gasteiger partial charge on any atom is -0.481 e. The Hall–Kier alpha value is -1.79. The van der Waals surface area contributed by atoms with E-state index >= 15 is 0 Å². The number of amides is 3. The van der Waals surface area contributed by atoms with Crippen molar-refractivity contribution < 1.29 is 19.5 Å². The molecular weight excluding hydrogens is 274 g/mol. The number of aliphatic carboxylic acids is 1. The maximum absolute atomic E-state index is 11.5. The molecule has 0 aromatic carbocycles. The Morgan fingerprint density at radius 2 is 1.76 bits per heavy atom. The first-order valence-electron chi connectivity index (χ1n) is 7.15. The van der Waals surface area contributed by atoms with Crippen molar-refractivity contribution in [1.29, 1.82) is 0 Å². The number of hydrogen-bond donors (Lipinski definition) is 3. The molecule has 3 amide bonds. The summed E-state index contributed by atoms with van der Waals surface area (Å²) in [5.74, 6) is -0.957. The molecule has 0 rings (SSSR count). The lowest BCUT2D eigenvalue weighted by Crippen LogP contribution is -2.43. The number of likely N-dealkylation sites (N-methyl/N-ethyl adjacent to an activating group) is 1. The van der Waals surface area contributed by atoms with Crippen LogP contribution in [0.4, 0.5) is 4.79 Å². The van der Waals surface area contributed by atoms with Crippen molar-refractivity contribution in [1.82, 2.24) is 15.5 Å². The minimum atomic E-state index is -0.813. The van der Waals surface area contributed by atoms with Crippen molar-refractivity contribution in [3.63, 3.8) is 0 Å². The van der Waals surface area contributed by atoms with Crippen LogP contribution in [0.15, 0.2) is 0 Å². The van der Waals surface area contributed by atoms with E-state index < -0.39 is 5.97 Å². The lowest BCUT2D eigenvalue weighted by molar-refractivity contribution is -0.137. The molecule has 0 fully saturated rings. The summed E-state index contributed by atoms with van der Waals surface area (Å²) < 4.78 is 0. The number of rotatable bonds is 9. The highest BCUT2D eigenvalue weighted by molar-refractivity contribution is 5.83. The van der Waals surface area contributed by atoms with Crippen molar-refractivity contribution in [2.24, 2.45) is 5.41 Å². The first kappa shape index (κ1) is 19.2. The van der Waals surface area contributed by atoms with Gasteiger partial charge >= 0.3 is 12.0 Å². The lowest BCUT2D eigenvalue weighted by atomic mass is 9.84. The van der Waals surface area contributed by atoms with Gasteiger partial charge in [0.25, 0.3) is 0 Å². The fourth-order valence-corrected chi connectivity index (χ4v) is 1.61. The molecule has 0 aliphatic heterocycles. The predicted octanol–water partition coefficient (Wildman–Crippen LogP) is 1.05. The zero-order valence-electron chi connectivity index (χ0n) is 13.4. The van der Waals surface area contributed by atoms with Crippen LogP contribution < -0.4 is 10.6 Å². The molecule has 0 radical (unpaired) electrons. The minimum absolute atomic E-state index is 0.0292. The number of carboxylic acid groups (broad SMARTS) is 1.